The number of rotatable bonds is 6. The van der Waals surface area contributed by atoms with Crippen molar-refractivity contribution in [2.45, 2.75) is 160 Å². The average Bonchev–Trinajstić information content (AvgIpc) is 2.96. The monoisotopic (exact) mass is 677 g/mol. The lowest BCUT2D eigenvalue weighted by Gasteiger charge is -2.50. The van der Waals surface area contributed by atoms with Crippen molar-refractivity contribution in [1.82, 2.24) is 4.90 Å². The summed E-state index contributed by atoms with van der Waals surface area (Å²) in [5.74, 6) is -6.53. The van der Waals surface area contributed by atoms with Gasteiger partial charge in [-0.2, -0.15) is 0 Å². The van der Waals surface area contributed by atoms with Crippen molar-refractivity contribution < 1.29 is 57.8 Å². The highest BCUT2D eigenvalue weighted by molar-refractivity contribution is 6.07. The zero-order chi connectivity index (χ0) is 36.6. The fourth-order valence-corrected chi connectivity index (χ4v) is 7.07. The molecule has 3 N–H and O–H groups in total. The summed E-state index contributed by atoms with van der Waals surface area (Å²) >= 11 is 0. The second kappa shape index (κ2) is 15.1. The van der Waals surface area contributed by atoms with Crippen molar-refractivity contribution in [2.75, 3.05) is 21.2 Å². The van der Waals surface area contributed by atoms with Gasteiger partial charge in [-0.25, -0.2) is 9.18 Å². The number of methoxy groups -OCH3 is 1. The molecule has 0 spiro atoms. The van der Waals surface area contributed by atoms with Crippen molar-refractivity contribution in [3.63, 3.8) is 0 Å². The largest absolute Gasteiger partial charge is 0.457 e. The van der Waals surface area contributed by atoms with Crippen LogP contribution >= 0.6 is 0 Å². The lowest BCUT2D eigenvalue weighted by atomic mass is 9.74. The fraction of sp³-hybridized carbons (Fsp3) is 0.912. The Morgan fingerprint density at radius 1 is 1.02 bits per heavy atom. The quantitative estimate of drug-likeness (QED) is 0.279. The first-order chi connectivity index (χ1) is 21.3. The van der Waals surface area contributed by atoms with Gasteiger partial charge in [0.05, 0.1) is 35.6 Å². The van der Waals surface area contributed by atoms with E-state index >= 15 is 4.39 Å². The molecule has 2 aliphatic heterocycles. The molecule has 14 atom stereocenters. The summed E-state index contributed by atoms with van der Waals surface area (Å²) in [4.78, 5) is 42.7. The maximum absolute atomic E-state index is 16.4. The Hall–Kier alpha value is -1.58. The molecule has 2 saturated heterocycles. The van der Waals surface area contributed by atoms with E-state index in [4.69, 9.17) is 23.7 Å². The third-order valence-corrected chi connectivity index (χ3v) is 9.92. The van der Waals surface area contributed by atoms with E-state index in [0.717, 1.165) is 6.92 Å². The first-order valence-electron chi connectivity index (χ1n) is 16.5. The molecule has 0 aromatic rings. The number of aliphatic hydroxyl groups excluding tert-OH is 2. The van der Waals surface area contributed by atoms with Crippen molar-refractivity contribution in [1.29, 1.82) is 0 Å². The number of aliphatic hydroxyl groups is 3. The number of ether oxygens (including phenoxy) is 5. The van der Waals surface area contributed by atoms with Gasteiger partial charge in [0.25, 0.3) is 5.67 Å². The molecule has 0 aliphatic carbocycles. The van der Waals surface area contributed by atoms with E-state index in [-0.39, 0.29) is 12.8 Å². The number of hydrogen-bond donors (Lipinski definition) is 3. The van der Waals surface area contributed by atoms with Crippen LogP contribution in [-0.4, -0.2) is 130 Å². The lowest BCUT2D eigenvalue weighted by Crippen LogP contribution is -2.66. The Morgan fingerprint density at radius 3 is 2.04 bits per heavy atom. The van der Waals surface area contributed by atoms with Crippen molar-refractivity contribution in [2.24, 2.45) is 17.8 Å². The average molecular weight is 678 g/mol. The molecule has 2 fully saturated rings. The number of ketones is 2. The topological polar surface area (TPSA) is 161 Å². The Kier molecular flexibility index (Phi) is 13.4. The van der Waals surface area contributed by atoms with Gasteiger partial charge >= 0.3 is 5.97 Å². The molecule has 2 heterocycles. The Bertz CT molecular complexity index is 1110. The van der Waals surface area contributed by atoms with Gasteiger partial charge < -0.3 is 43.9 Å². The maximum Gasteiger partial charge on any atom is 0.351 e. The third-order valence-electron chi connectivity index (χ3n) is 9.92. The summed E-state index contributed by atoms with van der Waals surface area (Å²) in [6, 6.07) is -0.621. The van der Waals surface area contributed by atoms with Crippen molar-refractivity contribution >= 4 is 17.5 Å². The van der Waals surface area contributed by atoms with E-state index in [1.165, 1.54) is 27.9 Å². The van der Waals surface area contributed by atoms with E-state index in [9.17, 15) is 29.7 Å². The summed E-state index contributed by atoms with van der Waals surface area (Å²) < 4.78 is 46.5. The molecule has 0 amide bonds. The van der Waals surface area contributed by atoms with Crippen LogP contribution in [-0.2, 0) is 38.1 Å². The second-order valence-electron chi connectivity index (χ2n) is 15.3. The molecule has 0 aromatic carbocycles. The van der Waals surface area contributed by atoms with Crippen LogP contribution in [0.1, 0.15) is 89.0 Å². The molecule has 47 heavy (non-hydrogen) atoms. The predicted molar refractivity (Wildman–Crippen MR) is 171 cm³/mol. The molecule has 274 valence electrons. The molecule has 0 radical (unpaired) electrons. The van der Waals surface area contributed by atoms with E-state index in [1.54, 1.807) is 46.7 Å². The van der Waals surface area contributed by atoms with E-state index in [2.05, 4.69) is 0 Å². The van der Waals surface area contributed by atoms with Crippen LogP contribution in [0.3, 0.4) is 0 Å². The zero-order valence-corrected chi connectivity index (χ0v) is 30.7. The van der Waals surface area contributed by atoms with Crippen LogP contribution in [0.2, 0.25) is 0 Å². The molecule has 0 saturated carbocycles. The van der Waals surface area contributed by atoms with Gasteiger partial charge in [-0.05, 0) is 75.4 Å². The molecular weight excluding hydrogens is 617 g/mol. The molecule has 12 nitrogen and oxygen atoms in total. The molecule has 0 aromatic heterocycles. The Morgan fingerprint density at radius 2 is 1.57 bits per heavy atom. The van der Waals surface area contributed by atoms with Crippen molar-refractivity contribution in [3.8, 4) is 0 Å². The summed E-state index contributed by atoms with van der Waals surface area (Å²) in [6.07, 6.45) is -8.44. The third kappa shape index (κ3) is 8.78. The molecular formula is C34H60FNO11. The van der Waals surface area contributed by atoms with Gasteiger partial charge in [-0.1, -0.05) is 27.7 Å². The van der Waals surface area contributed by atoms with E-state index < -0.39 is 107 Å². The second-order valence-corrected chi connectivity index (χ2v) is 15.3. The maximum atomic E-state index is 16.4. The van der Waals surface area contributed by atoms with Gasteiger partial charge in [0.2, 0.25) is 0 Å². The van der Waals surface area contributed by atoms with Gasteiger partial charge in [0.1, 0.15) is 29.7 Å². The predicted octanol–water partition coefficient (Wildman–Crippen LogP) is 2.61. The van der Waals surface area contributed by atoms with Crippen LogP contribution in [0.15, 0.2) is 0 Å². The van der Waals surface area contributed by atoms with Crippen molar-refractivity contribution in [3.05, 3.63) is 0 Å². The first-order valence-corrected chi connectivity index (χ1v) is 16.5. The molecule has 13 heteroatoms. The highest BCUT2D eigenvalue weighted by Crippen LogP contribution is 2.40. The number of likely N-dealkylation sites (N-methyl/N-ethyl adjacent to an activating group) is 1. The zero-order valence-electron chi connectivity index (χ0n) is 30.7. The molecule has 2 rings (SSSR count). The number of cyclic esters (lactones) is 1. The number of carbonyl (C=O) groups is 3. The summed E-state index contributed by atoms with van der Waals surface area (Å²) in [7, 11) is 4.90. The van der Waals surface area contributed by atoms with Gasteiger partial charge in [-0.3, -0.25) is 9.59 Å². The Labute approximate surface area is 279 Å². The van der Waals surface area contributed by atoms with E-state index in [1.807, 2.05) is 20.8 Å². The van der Waals surface area contributed by atoms with Gasteiger partial charge in [-0.15, -0.1) is 0 Å². The number of alkyl halides is 1. The Balaban J connectivity index is 2.69. The van der Waals surface area contributed by atoms with Gasteiger partial charge in [0.15, 0.2) is 12.1 Å². The molecule has 0 unspecified atom stereocenters. The number of halogens is 1. The number of nitrogens with zero attached hydrogens (tertiary/aromatic N) is 1. The number of esters is 1. The number of carbonyl (C=O) groups excluding carboxylic acids is 3. The van der Waals surface area contributed by atoms with Crippen LogP contribution in [0.5, 0.6) is 0 Å². The smallest absolute Gasteiger partial charge is 0.351 e. The highest BCUT2D eigenvalue weighted by atomic mass is 19.1. The van der Waals surface area contributed by atoms with Crippen LogP contribution in [0.25, 0.3) is 0 Å². The van der Waals surface area contributed by atoms with Crippen LogP contribution < -0.4 is 0 Å². The summed E-state index contributed by atoms with van der Waals surface area (Å²) in [5, 5.41) is 34.1. The standard InChI is InChI=1S/C34H60FNO11/c1-15-21-34(11,42)27(40)18(3)23(37)17(2)16-32(9,43-14)28(19(4)26(39)33(10,35)30(41)45-21)46-29-24(38)22(36(12)13)25(20(5)44-29)47-31(6,7)8/h17-22,24-25,27-29,38,40,42H,15-16H2,1-14H3/t17-,18+,19+,20-,21-,22-,24-,25-,27-,28-,29+,32-,33+,34-/m1/s1. The fourth-order valence-electron chi connectivity index (χ4n) is 7.07. The van der Waals surface area contributed by atoms with Crippen LogP contribution in [0.4, 0.5) is 4.39 Å². The van der Waals surface area contributed by atoms with Crippen LogP contribution in [0, 0.1) is 17.8 Å². The first kappa shape index (κ1) is 41.6. The highest BCUT2D eigenvalue weighted by Gasteiger charge is 2.56. The number of hydrogen-bond acceptors (Lipinski definition) is 12. The summed E-state index contributed by atoms with van der Waals surface area (Å²) in [5.41, 5.74) is -7.42. The molecule has 0 bridgehead atoms. The van der Waals surface area contributed by atoms with E-state index in [0.29, 0.717) is 0 Å². The minimum absolute atomic E-state index is 0.0401. The number of Topliss-reactive ketones (excluding diaryl/α,β-unsaturated/α-hetero) is 2. The normalized spacial score (nSPS) is 45.1. The minimum atomic E-state index is -3.21. The molecule has 2 aliphatic rings. The lowest BCUT2D eigenvalue weighted by molar-refractivity contribution is -0.324. The minimum Gasteiger partial charge on any atom is -0.457 e. The SMILES string of the molecule is CC[C@H]1OC(=O)[C@@](C)(F)C(=O)[C@H](C)[C@@H](O[C@@H]2O[C@H](C)[C@@H](OC(C)(C)C)[C@H](N(C)C)[C@H]2O)[C@](C)(OC)C[C@@H](C)C(=O)[C@H](C)[C@@H](O)[C@]1(C)O. The summed E-state index contributed by atoms with van der Waals surface area (Å²) in [6.45, 7) is 17.0. The van der Waals surface area contributed by atoms with Gasteiger partial charge in [0, 0.05) is 24.9 Å².